The Balaban J connectivity index is 2.22. The van der Waals surface area contributed by atoms with Crippen LogP contribution in [0.4, 0.5) is 4.39 Å². The van der Waals surface area contributed by atoms with Gasteiger partial charge in [-0.05, 0) is 54.3 Å². The number of hydrogen-bond acceptors (Lipinski definition) is 2. The normalized spacial score (nSPS) is 10.7. The van der Waals surface area contributed by atoms with E-state index in [1.54, 1.807) is 6.07 Å². The standard InChI is InChI=1S/C18H22FNO/c1-4-9-20-12-14-5-7-16(13(2)10-14)15-6-8-18(21-3)17(19)11-15/h5-8,10-11,20H,4,9,12H2,1-3H3. The lowest BCUT2D eigenvalue weighted by Crippen LogP contribution is -2.13. The average molecular weight is 287 g/mol. The number of benzene rings is 2. The lowest BCUT2D eigenvalue weighted by Gasteiger charge is -2.11. The Hall–Kier alpha value is -1.87. The highest BCUT2D eigenvalue weighted by molar-refractivity contribution is 5.68. The summed E-state index contributed by atoms with van der Waals surface area (Å²) in [6.45, 7) is 6.09. The number of methoxy groups -OCH3 is 1. The van der Waals surface area contributed by atoms with Crippen molar-refractivity contribution < 1.29 is 9.13 Å². The van der Waals surface area contributed by atoms with Crippen LogP contribution in [0.3, 0.4) is 0 Å². The van der Waals surface area contributed by atoms with Crippen LogP contribution in [-0.2, 0) is 6.54 Å². The van der Waals surface area contributed by atoms with Gasteiger partial charge in [0.05, 0.1) is 7.11 Å². The molecule has 0 aliphatic heterocycles. The number of nitrogens with one attached hydrogen (secondary N) is 1. The first-order valence-electron chi connectivity index (χ1n) is 7.30. The van der Waals surface area contributed by atoms with Gasteiger partial charge in [0.2, 0.25) is 0 Å². The number of rotatable bonds is 6. The highest BCUT2D eigenvalue weighted by Gasteiger charge is 2.07. The van der Waals surface area contributed by atoms with Gasteiger partial charge in [0.15, 0.2) is 11.6 Å². The maximum absolute atomic E-state index is 13.8. The molecular formula is C18H22FNO. The first-order valence-corrected chi connectivity index (χ1v) is 7.30. The van der Waals surface area contributed by atoms with E-state index in [1.165, 1.54) is 18.7 Å². The second-order valence-corrected chi connectivity index (χ2v) is 5.18. The molecule has 2 rings (SSSR count). The molecule has 21 heavy (non-hydrogen) atoms. The average Bonchev–Trinajstić information content (AvgIpc) is 2.47. The molecule has 0 aromatic heterocycles. The summed E-state index contributed by atoms with van der Waals surface area (Å²) in [6, 6.07) is 11.4. The van der Waals surface area contributed by atoms with E-state index in [9.17, 15) is 4.39 Å². The van der Waals surface area contributed by atoms with Gasteiger partial charge in [0, 0.05) is 6.54 Å². The van der Waals surface area contributed by atoms with Crippen molar-refractivity contribution in [3.05, 3.63) is 53.3 Å². The predicted molar refractivity (Wildman–Crippen MR) is 85.1 cm³/mol. The number of aryl methyl sites for hydroxylation is 1. The van der Waals surface area contributed by atoms with Gasteiger partial charge in [-0.25, -0.2) is 4.39 Å². The van der Waals surface area contributed by atoms with E-state index in [4.69, 9.17) is 4.74 Å². The van der Waals surface area contributed by atoms with Gasteiger partial charge in [0.1, 0.15) is 0 Å². The van der Waals surface area contributed by atoms with E-state index in [0.29, 0.717) is 0 Å². The lowest BCUT2D eigenvalue weighted by atomic mass is 9.98. The van der Waals surface area contributed by atoms with Crippen molar-refractivity contribution >= 4 is 0 Å². The van der Waals surface area contributed by atoms with Crippen LogP contribution in [0.1, 0.15) is 24.5 Å². The summed E-state index contributed by atoms with van der Waals surface area (Å²) in [7, 11) is 1.47. The third-order valence-corrected chi connectivity index (χ3v) is 3.51. The smallest absolute Gasteiger partial charge is 0.165 e. The summed E-state index contributed by atoms with van der Waals surface area (Å²) in [4.78, 5) is 0. The molecule has 1 N–H and O–H groups in total. The monoisotopic (exact) mass is 287 g/mol. The molecule has 0 aliphatic rings. The third-order valence-electron chi connectivity index (χ3n) is 3.51. The Bertz CT molecular complexity index is 610. The topological polar surface area (TPSA) is 21.3 Å². The van der Waals surface area contributed by atoms with E-state index in [-0.39, 0.29) is 11.6 Å². The molecule has 2 aromatic rings. The summed E-state index contributed by atoms with van der Waals surface area (Å²) < 4.78 is 18.8. The number of hydrogen-bond donors (Lipinski definition) is 1. The maximum Gasteiger partial charge on any atom is 0.165 e. The molecule has 0 radical (unpaired) electrons. The largest absolute Gasteiger partial charge is 0.494 e. The quantitative estimate of drug-likeness (QED) is 0.799. The summed E-state index contributed by atoms with van der Waals surface area (Å²) in [6.07, 6.45) is 1.13. The SMILES string of the molecule is CCCNCc1ccc(-c2ccc(OC)c(F)c2)c(C)c1. The first kappa shape index (κ1) is 15.5. The molecule has 0 heterocycles. The third kappa shape index (κ3) is 3.82. The molecule has 112 valence electrons. The van der Waals surface area contributed by atoms with Gasteiger partial charge in [0.25, 0.3) is 0 Å². The molecule has 0 aliphatic carbocycles. The molecule has 0 saturated heterocycles. The Labute approximate surface area is 126 Å². The van der Waals surface area contributed by atoms with Crippen molar-refractivity contribution in [3.63, 3.8) is 0 Å². The van der Waals surface area contributed by atoms with E-state index in [1.807, 2.05) is 6.07 Å². The van der Waals surface area contributed by atoms with Gasteiger partial charge < -0.3 is 10.1 Å². The molecule has 0 atom stereocenters. The molecule has 0 fully saturated rings. The molecule has 0 saturated carbocycles. The van der Waals surface area contributed by atoms with Crippen LogP contribution in [0, 0.1) is 12.7 Å². The Morgan fingerprint density at radius 2 is 1.95 bits per heavy atom. The minimum Gasteiger partial charge on any atom is -0.494 e. The van der Waals surface area contributed by atoms with Gasteiger partial charge in [-0.2, -0.15) is 0 Å². The molecule has 0 spiro atoms. The van der Waals surface area contributed by atoms with Crippen molar-refractivity contribution in [1.29, 1.82) is 0 Å². The van der Waals surface area contributed by atoms with E-state index in [2.05, 4.69) is 37.4 Å². The fraction of sp³-hybridized carbons (Fsp3) is 0.333. The summed E-state index contributed by atoms with van der Waals surface area (Å²) >= 11 is 0. The van der Waals surface area contributed by atoms with Crippen molar-refractivity contribution in [2.45, 2.75) is 26.8 Å². The van der Waals surface area contributed by atoms with Crippen molar-refractivity contribution in [2.75, 3.05) is 13.7 Å². The number of halogens is 1. The van der Waals surface area contributed by atoms with E-state index >= 15 is 0 Å². The van der Waals surface area contributed by atoms with Gasteiger partial charge in [-0.1, -0.05) is 31.2 Å². The van der Waals surface area contributed by atoms with Crippen LogP contribution < -0.4 is 10.1 Å². The zero-order valence-electron chi connectivity index (χ0n) is 12.9. The first-order chi connectivity index (χ1) is 10.2. The zero-order chi connectivity index (χ0) is 15.2. The van der Waals surface area contributed by atoms with Crippen LogP contribution >= 0.6 is 0 Å². The van der Waals surface area contributed by atoms with Gasteiger partial charge >= 0.3 is 0 Å². The predicted octanol–water partition coefficient (Wildman–Crippen LogP) is 4.31. The molecule has 2 aromatic carbocycles. The van der Waals surface area contributed by atoms with Crippen LogP contribution in [0.2, 0.25) is 0 Å². The molecule has 3 heteroatoms. The zero-order valence-corrected chi connectivity index (χ0v) is 12.9. The summed E-state index contributed by atoms with van der Waals surface area (Å²) in [5.74, 6) is -0.0557. The van der Waals surface area contributed by atoms with Gasteiger partial charge in [-0.3, -0.25) is 0 Å². The number of ether oxygens (including phenoxy) is 1. The highest BCUT2D eigenvalue weighted by Crippen LogP contribution is 2.28. The molecular weight excluding hydrogens is 265 g/mol. The van der Waals surface area contributed by atoms with Crippen LogP contribution in [-0.4, -0.2) is 13.7 Å². The van der Waals surface area contributed by atoms with E-state index < -0.39 is 0 Å². The Kier molecular flexibility index (Phi) is 5.34. The van der Waals surface area contributed by atoms with Crippen LogP contribution in [0.5, 0.6) is 5.75 Å². The second kappa shape index (κ2) is 7.23. The molecule has 0 amide bonds. The molecule has 2 nitrogen and oxygen atoms in total. The fourth-order valence-corrected chi connectivity index (χ4v) is 2.40. The second-order valence-electron chi connectivity index (χ2n) is 5.18. The fourth-order valence-electron chi connectivity index (χ4n) is 2.40. The summed E-state index contributed by atoms with van der Waals surface area (Å²) in [5, 5.41) is 3.39. The molecule has 0 unspecified atom stereocenters. The summed E-state index contributed by atoms with van der Waals surface area (Å²) in [5.41, 5.74) is 4.32. The van der Waals surface area contributed by atoms with Crippen LogP contribution in [0.15, 0.2) is 36.4 Å². The Morgan fingerprint density at radius 1 is 1.14 bits per heavy atom. The van der Waals surface area contributed by atoms with E-state index in [0.717, 1.165) is 36.2 Å². The highest BCUT2D eigenvalue weighted by atomic mass is 19.1. The van der Waals surface area contributed by atoms with Crippen LogP contribution in [0.25, 0.3) is 11.1 Å². The Morgan fingerprint density at radius 3 is 2.57 bits per heavy atom. The van der Waals surface area contributed by atoms with Crippen molar-refractivity contribution in [2.24, 2.45) is 0 Å². The van der Waals surface area contributed by atoms with Gasteiger partial charge in [-0.15, -0.1) is 0 Å². The van der Waals surface area contributed by atoms with Crippen molar-refractivity contribution in [1.82, 2.24) is 5.32 Å². The lowest BCUT2D eigenvalue weighted by molar-refractivity contribution is 0.386. The minimum atomic E-state index is -0.330. The molecule has 0 bridgehead atoms. The minimum absolute atomic E-state index is 0.275. The van der Waals surface area contributed by atoms with Crippen molar-refractivity contribution in [3.8, 4) is 16.9 Å². The maximum atomic E-state index is 13.8.